The van der Waals surface area contributed by atoms with Crippen LogP contribution in [0.15, 0.2) is 36.4 Å². The second-order valence-electron chi connectivity index (χ2n) is 9.07. The van der Waals surface area contributed by atoms with E-state index in [1.54, 1.807) is 0 Å². The Balaban J connectivity index is 1.97. The van der Waals surface area contributed by atoms with Crippen LogP contribution in [0.4, 0.5) is 39.5 Å². The molecule has 40 heavy (non-hydrogen) atoms. The van der Waals surface area contributed by atoms with Gasteiger partial charge in [0.25, 0.3) is 6.43 Å². The van der Waals surface area contributed by atoms with Gasteiger partial charge in [0.1, 0.15) is 11.7 Å². The van der Waals surface area contributed by atoms with Gasteiger partial charge in [-0.3, -0.25) is 9.59 Å². The lowest BCUT2D eigenvalue weighted by molar-refractivity contribution is -0.140. The van der Waals surface area contributed by atoms with E-state index < -0.39 is 82.8 Å². The van der Waals surface area contributed by atoms with Crippen molar-refractivity contribution in [1.82, 2.24) is 5.32 Å². The van der Waals surface area contributed by atoms with Gasteiger partial charge >= 0.3 is 12.4 Å². The third kappa shape index (κ3) is 7.44. The molecule has 3 rings (SSSR count). The van der Waals surface area contributed by atoms with Crippen LogP contribution < -0.4 is 5.32 Å². The van der Waals surface area contributed by atoms with Crippen molar-refractivity contribution in [2.24, 2.45) is 5.41 Å². The van der Waals surface area contributed by atoms with E-state index in [9.17, 15) is 44.7 Å². The number of hydrogen-bond donors (Lipinski definition) is 1. The first-order chi connectivity index (χ1) is 18.4. The van der Waals surface area contributed by atoms with E-state index in [2.05, 4.69) is 0 Å². The molecule has 1 aliphatic rings. The van der Waals surface area contributed by atoms with E-state index >= 15 is 4.39 Å². The minimum absolute atomic E-state index is 0.0272. The number of nitrogens with one attached hydrogen (secondary N) is 1. The fraction of sp³-hybridized carbons (Fsp3) is 0.360. The third-order valence-corrected chi connectivity index (χ3v) is 7.38. The fourth-order valence-electron chi connectivity index (χ4n) is 3.94. The highest BCUT2D eigenvalue weighted by atomic mass is 35.5. The van der Waals surface area contributed by atoms with E-state index in [-0.39, 0.29) is 40.1 Å². The maximum Gasteiger partial charge on any atom is 0.417 e. The number of Topliss-reactive ketones (excluding diaryl/α,β-unsaturated/α-hetero) is 1. The molecule has 1 N–H and O–H groups in total. The Hall–Kier alpha value is -2.44. The van der Waals surface area contributed by atoms with Gasteiger partial charge in [-0.25, -0.2) is 13.2 Å². The Morgan fingerprint density at radius 3 is 2.02 bits per heavy atom. The van der Waals surface area contributed by atoms with E-state index in [4.69, 9.17) is 34.8 Å². The largest absolute Gasteiger partial charge is 0.417 e. The Morgan fingerprint density at radius 1 is 0.975 bits per heavy atom. The topological polar surface area (TPSA) is 46.2 Å². The molecule has 0 saturated heterocycles. The van der Waals surface area contributed by atoms with Gasteiger partial charge in [-0.2, -0.15) is 26.3 Å². The van der Waals surface area contributed by atoms with Crippen molar-refractivity contribution >= 4 is 52.3 Å². The molecule has 0 radical (unpaired) electrons. The van der Waals surface area contributed by atoms with Gasteiger partial charge in [-0.05, 0) is 42.7 Å². The summed E-state index contributed by atoms with van der Waals surface area (Å²) in [5.74, 6) is -6.47. The highest BCUT2D eigenvalue weighted by Gasteiger charge is 2.51. The van der Waals surface area contributed by atoms with Crippen LogP contribution >= 0.6 is 34.8 Å². The van der Waals surface area contributed by atoms with Crippen molar-refractivity contribution in [3.8, 4) is 0 Å². The molecule has 1 amide bonds. The standard InChI is InChI=1S/C25H17Cl3F9NO2/c26-16-6-12(7-17(27)21(16)28)14(24(32,33)34)8-18(29)11-1-2-13(15(5-11)25(35,36)37)19(39)9-23(3-4-23)22(40)38-10-20(30)31/h1-2,5-8,14,20H,3-4,9-10H2,(H,38,40)/b18-8-. The number of amides is 1. The normalized spacial score (nSPS) is 16.2. The molecular formula is C25H17Cl3F9NO2. The molecule has 1 aliphatic carbocycles. The SMILES string of the molecule is O=C(CC1(C(=O)NCC(F)F)CC1)c1ccc(/C(F)=C/C(c2cc(Cl)c(Cl)c(Cl)c2)C(F)(F)F)cc1C(F)(F)F. The predicted molar refractivity (Wildman–Crippen MR) is 130 cm³/mol. The summed E-state index contributed by atoms with van der Waals surface area (Å²) >= 11 is 17.3. The van der Waals surface area contributed by atoms with Crippen molar-refractivity contribution in [1.29, 1.82) is 0 Å². The van der Waals surface area contributed by atoms with Crippen molar-refractivity contribution in [3.05, 3.63) is 73.7 Å². The van der Waals surface area contributed by atoms with Crippen molar-refractivity contribution in [3.63, 3.8) is 0 Å². The quantitative estimate of drug-likeness (QED) is 0.169. The zero-order chi connectivity index (χ0) is 30.2. The molecule has 1 atom stereocenters. The summed E-state index contributed by atoms with van der Waals surface area (Å²) < 4.78 is 123. The first kappa shape index (κ1) is 32.1. The van der Waals surface area contributed by atoms with Crippen LogP contribution in [0.2, 0.25) is 15.1 Å². The molecule has 2 aromatic carbocycles. The van der Waals surface area contributed by atoms with E-state index in [0.29, 0.717) is 12.1 Å². The maximum atomic E-state index is 15.0. The molecule has 3 nitrogen and oxygen atoms in total. The average molecular weight is 641 g/mol. The van der Waals surface area contributed by atoms with E-state index in [1.807, 2.05) is 5.32 Å². The predicted octanol–water partition coefficient (Wildman–Crippen LogP) is 9.06. The van der Waals surface area contributed by atoms with Crippen LogP contribution in [0.25, 0.3) is 5.83 Å². The molecule has 1 unspecified atom stereocenters. The molecule has 0 bridgehead atoms. The molecule has 0 spiro atoms. The average Bonchev–Trinajstić information content (AvgIpc) is 3.62. The van der Waals surface area contributed by atoms with Crippen LogP contribution in [-0.2, 0) is 11.0 Å². The first-order valence-electron chi connectivity index (χ1n) is 11.3. The number of alkyl halides is 8. The van der Waals surface area contributed by atoms with Gasteiger partial charge in [0.2, 0.25) is 5.91 Å². The van der Waals surface area contributed by atoms with Gasteiger partial charge in [0.05, 0.1) is 32.6 Å². The number of rotatable bonds is 9. The summed E-state index contributed by atoms with van der Waals surface area (Å²) in [7, 11) is 0. The fourth-order valence-corrected chi connectivity index (χ4v) is 4.56. The zero-order valence-corrected chi connectivity index (χ0v) is 22.1. The minimum Gasteiger partial charge on any atom is -0.350 e. The Labute approximate surface area is 236 Å². The molecule has 1 saturated carbocycles. The lowest BCUT2D eigenvalue weighted by atomic mass is 9.90. The van der Waals surface area contributed by atoms with Crippen LogP contribution in [0, 0.1) is 5.41 Å². The van der Waals surface area contributed by atoms with E-state index in [0.717, 1.165) is 12.1 Å². The molecule has 15 heteroatoms. The van der Waals surface area contributed by atoms with E-state index in [1.165, 1.54) is 0 Å². The van der Waals surface area contributed by atoms with Gasteiger partial charge in [-0.15, -0.1) is 0 Å². The number of benzene rings is 2. The van der Waals surface area contributed by atoms with Crippen LogP contribution in [0.5, 0.6) is 0 Å². The lowest BCUT2D eigenvalue weighted by Gasteiger charge is -2.19. The third-order valence-electron chi connectivity index (χ3n) is 6.18. The van der Waals surface area contributed by atoms with Crippen LogP contribution in [0.1, 0.15) is 52.2 Å². The first-order valence-corrected chi connectivity index (χ1v) is 12.4. The number of allylic oxidation sites excluding steroid dienone is 1. The van der Waals surface area contributed by atoms with Crippen LogP contribution in [0.3, 0.4) is 0 Å². The second-order valence-corrected chi connectivity index (χ2v) is 10.3. The summed E-state index contributed by atoms with van der Waals surface area (Å²) in [4.78, 5) is 24.9. The maximum absolute atomic E-state index is 15.0. The highest BCUT2D eigenvalue weighted by molar-refractivity contribution is 6.48. The van der Waals surface area contributed by atoms with Crippen LogP contribution in [-0.4, -0.2) is 30.8 Å². The summed E-state index contributed by atoms with van der Waals surface area (Å²) in [5, 5.41) is 0.931. The number of halogens is 12. The van der Waals surface area contributed by atoms with Gasteiger partial charge in [0, 0.05) is 17.5 Å². The Morgan fingerprint density at radius 2 is 1.55 bits per heavy atom. The minimum atomic E-state index is -5.24. The van der Waals surface area contributed by atoms with Crippen molar-refractivity contribution in [2.45, 2.75) is 44.0 Å². The molecule has 2 aromatic rings. The van der Waals surface area contributed by atoms with Gasteiger partial charge < -0.3 is 5.32 Å². The Kier molecular flexibility index (Phi) is 9.47. The molecule has 0 aromatic heterocycles. The van der Waals surface area contributed by atoms with Gasteiger partial charge in [0.15, 0.2) is 5.78 Å². The zero-order valence-electron chi connectivity index (χ0n) is 19.8. The van der Waals surface area contributed by atoms with Crippen molar-refractivity contribution in [2.75, 3.05) is 6.54 Å². The molecule has 0 aliphatic heterocycles. The number of hydrogen-bond acceptors (Lipinski definition) is 2. The summed E-state index contributed by atoms with van der Waals surface area (Å²) in [6.45, 7) is -1.00. The lowest BCUT2D eigenvalue weighted by Crippen LogP contribution is -2.36. The van der Waals surface area contributed by atoms with Crippen molar-refractivity contribution < 1.29 is 49.1 Å². The molecule has 0 heterocycles. The van der Waals surface area contributed by atoms with Gasteiger partial charge in [-0.1, -0.05) is 46.9 Å². The highest BCUT2D eigenvalue weighted by Crippen LogP contribution is 2.50. The number of carbonyl (C=O) groups excluding carboxylic acids is 2. The summed E-state index contributed by atoms with van der Waals surface area (Å²) in [5.41, 5.74) is -5.62. The molecular weight excluding hydrogens is 624 g/mol. The number of ketones is 1. The second kappa shape index (κ2) is 11.8. The monoisotopic (exact) mass is 639 g/mol. The summed E-state index contributed by atoms with van der Waals surface area (Å²) in [6.07, 6.45) is -13.8. The molecule has 218 valence electrons. The number of carbonyl (C=O) groups is 2. The summed E-state index contributed by atoms with van der Waals surface area (Å²) in [6, 6.07) is 3.00. The molecule has 1 fully saturated rings. The Bertz CT molecular complexity index is 1310. The smallest absolute Gasteiger partial charge is 0.350 e.